The molecule has 0 aliphatic heterocycles. The molecule has 0 radical (unpaired) electrons. The number of esters is 1. The van der Waals surface area contributed by atoms with Crippen LogP contribution in [0.5, 0.6) is 11.5 Å². The van der Waals surface area contributed by atoms with Crippen LogP contribution in [0.15, 0.2) is 12.1 Å². The van der Waals surface area contributed by atoms with Gasteiger partial charge in [0.25, 0.3) is 0 Å². The average Bonchev–Trinajstić information content (AvgIpc) is 2.46. The number of carbonyl (C=O) groups is 1. The molecule has 118 valence electrons. The SMILES string of the molecule is CCOC(=O)C(CC)Oc1c(Cl)cc(CCN)cc1OC. The van der Waals surface area contributed by atoms with E-state index in [9.17, 15) is 4.79 Å². The topological polar surface area (TPSA) is 70.8 Å². The maximum absolute atomic E-state index is 11.8. The summed E-state index contributed by atoms with van der Waals surface area (Å²) in [5.41, 5.74) is 6.49. The molecule has 1 rings (SSSR count). The normalized spacial score (nSPS) is 11.9. The lowest BCUT2D eigenvalue weighted by molar-refractivity contribution is -0.151. The Labute approximate surface area is 130 Å². The lowest BCUT2D eigenvalue weighted by atomic mass is 10.1. The average molecular weight is 316 g/mol. The van der Waals surface area contributed by atoms with Crippen molar-refractivity contribution >= 4 is 17.6 Å². The smallest absolute Gasteiger partial charge is 0.347 e. The highest BCUT2D eigenvalue weighted by Crippen LogP contribution is 2.37. The highest BCUT2D eigenvalue weighted by molar-refractivity contribution is 6.32. The van der Waals surface area contributed by atoms with Gasteiger partial charge in [-0.1, -0.05) is 18.5 Å². The molecule has 1 aromatic carbocycles. The van der Waals surface area contributed by atoms with Crippen molar-refractivity contribution in [1.29, 1.82) is 0 Å². The minimum Gasteiger partial charge on any atom is -0.493 e. The predicted molar refractivity (Wildman–Crippen MR) is 82.1 cm³/mol. The summed E-state index contributed by atoms with van der Waals surface area (Å²) in [5, 5.41) is 0.389. The zero-order valence-corrected chi connectivity index (χ0v) is 13.4. The summed E-state index contributed by atoms with van der Waals surface area (Å²) < 4.78 is 16.0. The van der Waals surface area contributed by atoms with E-state index < -0.39 is 12.1 Å². The first kappa shape index (κ1) is 17.6. The summed E-state index contributed by atoms with van der Waals surface area (Å²) in [4.78, 5) is 11.8. The number of hydrogen-bond acceptors (Lipinski definition) is 5. The zero-order valence-electron chi connectivity index (χ0n) is 12.6. The van der Waals surface area contributed by atoms with E-state index in [-0.39, 0.29) is 0 Å². The number of hydrogen-bond donors (Lipinski definition) is 1. The van der Waals surface area contributed by atoms with Crippen molar-refractivity contribution < 1.29 is 19.0 Å². The van der Waals surface area contributed by atoms with Gasteiger partial charge in [0.15, 0.2) is 17.6 Å². The number of halogens is 1. The fourth-order valence-electron chi connectivity index (χ4n) is 1.87. The van der Waals surface area contributed by atoms with Gasteiger partial charge in [0.05, 0.1) is 18.7 Å². The van der Waals surface area contributed by atoms with Crippen molar-refractivity contribution in [3.05, 3.63) is 22.7 Å². The molecule has 0 fully saturated rings. The maximum Gasteiger partial charge on any atom is 0.347 e. The van der Waals surface area contributed by atoms with Crippen LogP contribution in [0.2, 0.25) is 5.02 Å². The molecule has 1 unspecified atom stereocenters. The van der Waals surface area contributed by atoms with Crippen molar-refractivity contribution in [1.82, 2.24) is 0 Å². The Morgan fingerprint density at radius 3 is 2.62 bits per heavy atom. The van der Waals surface area contributed by atoms with Crippen molar-refractivity contribution in [2.45, 2.75) is 32.8 Å². The van der Waals surface area contributed by atoms with E-state index >= 15 is 0 Å². The molecule has 5 nitrogen and oxygen atoms in total. The van der Waals surface area contributed by atoms with Gasteiger partial charge in [-0.3, -0.25) is 0 Å². The van der Waals surface area contributed by atoms with Gasteiger partial charge in [0, 0.05) is 0 Å². The van der Waals surface area contributed by atoms with Gasteiger partial charge < -0.3 is 19.9 Å². The lowest BCUT2D eigenvalue weighted by Crippen LogP contribution is -2.29. The second-order valence-electron chi connectivity index (χ2n) is 4.41. The summed E-state index contributed by atoms with van der Waals surface area (Å²) in [7, 11) is 1.52. The molecule has 0 spiro atoms. The van der Waals surface area contributed by atoms with E-state index in [1.807, 2.05) is 13.0 Å². The molecule has 0 amide bonds. The van der Waals surface area contributed by atoms with Crippen LogP contribution in [-0.2, 0) is 16.0 Å². The molecule has 21 heavy (non-hydrogen) atoms. The Balaban J connectivity index is 3.02. The molecule has 0 aliphatic rings. The molecule has 0 heterocycles. The van der Waals surface area contributed by atoms with Crippen LogP contribution in [-0.4, -0.2) is 32.3 Å². The molecule has 0 saturated carbocycles. The third kappa shape index (κ3) is 4.79. The zero-order chi connectivity index (χ0) is 15.8. The van der Waals surface area contributed by atoms with E-state index in [1.165, 1.54) is 7.11 Å². The van der Waals surface area contributed by atoms with Gasteiger partial charge in [-0.2, -0.15) is 0 Å². The predicted octanol–water partition coefficient (Wildman–Crippen LogP) is 2.57. The summed E-state index contributed by atoms with van der Waals surface area (Å²) in [6, 6.07) is 3.58. The summed E-state index contributed by atoms with van der Waals surface area (Å²) in [6.45, 7) is 4.41. The van der Waals surface area contributed by atoms with E-state index in [0.29, 0.717) is 42.5 Å². The molecule has 0 bridgehead atoms. The van der Waals surface area contributed by atoms with E-state index in [2.05, 4.69) is 0 Å². The Kier molecular flexibility index (Phi) is 7.32. The number of methoxy groups -OCH3 is 1. The molecule has 2 N–H and O–H groups in total. The third-order valence-electron chi connectivity index (χ3n) is 2.90. The Bertz CT molecular complexity index is 479. The third-order valence-corrected chi connectivity index (χ3v) is 3.18. The van der Waals surface area contributed by atoms with Crippen molar-refractivity contribution in [2.24, 2.45) is 5.73 Å². The number of ether oxygens (including phenoxy) is 3. The van der Waals surface area contributed by atoms with Gasteiger partial charge in [-0.05, 0) is 44.0 Å². The first-order valence-electron chi connectivity index (χ1n) is 6.97. The van der Waals surface area contributed by atoms with Crippen LogP contribution in [0.25, 0.3) is 0 Å². The summed E-state index contributed by atoms with van der Waals surface area (Å²) in [6.07, 6.45) is 0.450. The van der Waals surface area contributed by atoms with E-state index in [4.69, 9.17) is 31.5 Å². The second kappa shape index (κ2) is 8.74. The molecule has 0 saturated heterocycles. The van der Waals surface area contributed by atoms with Gasteiger partial charge in [-0.25, -0.2) is 4.79 Å². The van der Waals surface area contributed by atoms with Crippen molar-refractivity contribution in [3.63, 3.8) is 0 Å². The summed E-state index contributed by atoms with van der Waals surface area (Å²) in [5.74, 6) is 0.415. The van der Waals surface area contributed by atoms with Crippen LogP contribution < -0.4 is 15.2 Å². The van der Waals surface area contributed by atoms with E-state index in [0.717, 1.165) is 5.56 Å². The molecular formula is C15H22ClNO4. The van der Waals surface area contributed by atoms with Crippen LogP contribution in [0.3, 0.4) is 0 Å². The highest BCUT2D eigenvalue weighted by Gasteiger charge is 2.23. The molecule has 1 aromatic rings. The van der Waals surface area contributed by atoms with Crippen molar-refractivity contribution in [2.75, 3.05) is 20.3 Å². The molecule has 1 atom stereocenters. The Morgan fingerprint density at radius 1 is 1.38 bits per heavy atom. The van der Waals surface area contributed by atoms with Crippen LogP contribution >= 0.6 is 11.6 Å². The van der Waals surface area contributed by atoms with Crippen LogP contribution in [0.1, 0.15) is 25.8 Å². The van der Waals surface area contributed by atoms with Crippen LogP contribution in [0, 0.1) is 0 Å². The maximum atomic E-state index is 11.8. The quantitative estimate of drug-likeness (QED) is 0.747. The highest BCUT2D eigenvalue weighted by atomic mass is 35.5. The largest absolute Gasteiger partial charge is 0.493 e. The standard InChI is InChI=1S/C15H22ClNO4/c1-4-12(15(18)20-5-2)21-14-11(16)8-10(6-7-17)9-13(14)19-3/h8-9,12H,4-7,17H2,1-3H3. The Morgan fingerprint density at radius 2 is 2.10 bits per heavy atom. The lowest BCUT2D eigenvalue weighted by Gasteiger charge is -2.19. The monoisotopic (exact) mass is 315 g/mol. The van der Waals surface area contributed by atoms with Crippen LogP contribution in [0.4, 0.5) is 0 Å². The molecule has 0 aromatic heterocycles. The second-order valence-corrected chi connectivity index (χ2v) is 4.82. The fourth-order valence-corrected chi connectivity index (χ4v) is 2.15. The van der Waals surface area contributed by atoms with E-state index in [1.54, 1.807) is 13.0 Å². The van der Waals surface area contributed by atoms with Gasteiger partial charge >= 0.3 is 5.97 Å². The summed E-state index contributed by atoms with van der Waals surface area (Å²) >= 11 is 6.23. The minimum atomic E-state index is -0.711. The van der Waals surface area contributed by atoms with Gasteiger partial charge in [0.1, 0.15) is 0 Å². The fraction of sp³-hybridized carbons (Fsp3) is 0.533. The molecule has 6 heteroatoms. The van der Waals surface area contributed by atoms with Crippen molar-refractivity contribution in [3.8, 4) is 11.5 Å². The number of carbonyl (C=O) groups excluding carboxylic acids is 1. The first-order chi connectivity index (χ1) is 10.1. The molecular weight excluding hydrogens is 294 g/mol. The van der Waals surface area contributed by atoms with Gasteiger partial charge in [-0.15, -0.1) is 0 Å². The minimum absolute atomic E-state index is 0.305. The number of nitrogens with two attached hydrogens (primary N) is 1. The number of benzene rings is 1. The van der Waals surface area contributed by atoms with Gasteiger partial charge in [0.2, 0.25) is 0 Å². The number of rotatable bonds is 8. The Hall–Kier alpha value is -1.46. The first-order valence-corrected chi connectivity index (χ1v) is 7.34. The molecule has 0 aliphatic carbocycles.